The van der Waals surface area contributed by atoms with Crippen molar-refractivity contribution < 1.29 is 19.0 Å². The molecule has 0 spiro atoms. The molecular formula is C26H24N4O4S. The quantitative estimate of drug-likeness (QED) is 0.406. The molecule has 6 rings (SSSR count). The number of thiazole rings is 1. The summed E-state index contributed by atoms with van der Waals surface area (Å²) in [6.07, 6.45) is 0. The maximum Gasteiger partial charge on any atom is 0.255 e. The number of hydrogen-bond donors (Lipinski definition) is 2. The fraction of sp³-hybridized carbons (Fsp3) is 0.231. The Bertz CT molecular complexity index is 1370. The Morgan fingerprint density at radius 2 is 1.80 bits per heavy atom. The lowest BCUT2D eigenvalue weighted by Crippen LogP contribution is -2.36. The SMILES string of the molecule is O=C(Nc1ccc(N2CCOCC2)cc1)c1ccc2nc(NCc3ccc4c(c3)OCO4)sc2c1. The molecule has 0 bridgehead atoms. The van der Waals surface area contributed by atoms with E-state index >= 15 is 0 Å². The molecule has 8 nitrogen and oxygen atoms in total. The van der Waals surface area contributed by atoms with Crippen LogP contribution in [0.4, 0.5) is 16.5 Å². The zero-order valence-electron chi connectivity index (χ0n) is 19.0. The maximum atomic E-state index is 12.9. The number of hydrogen-bond acceptors (Lipinski definition) is 8. The second-order valence-electron chi connectivity index (χ2n) is 8.34. The largest absolute Gasteiger partial charge is 0.454 e. The molecule has 1 fully saturated rings. The number of rotatable bonds is 6. The van der Waals surface area contributed by atoms with E-state index in [2.05, 4.69) is 20.5 Å². The molecule has 1 saturated heterocycles. The van der Waals surface area contributed by atoms with Gasteiger partial charge in [0.1, 0.15) is 0 Å². The first-order chi connectivity index (χ1) is 17.2. The summed E-state index contributed by atoms with van der Waals surface area (Å²) in [5.74, 6) is 1.39. The van der Waals surface area contributed by atoms with Crippen molar-refractivity contribution in [3.63, 3.8) is 0 Å². The van der Waals surface area contributed by atoms with E-state index in [1.165, 1.54) is 11.3 Å². The van der Waals surface area contributed by atoms with Gasteiger partial charge in [-0.25, -0.2) is 4.98 Å². The molecule has 0 atom stereocenters. The molecule has 1 aromatic heterocycles. The molecule has 178 valence electrons. The van der Waals surface area contributed by atoms with Crippen molar-refractivity contribution in [3.8, 4) is 11.5 Å². The van der Waals surface area contributed by atoms with Crippen LogP contribution in [0, 0.1) is 0 Å². The summed E-state index contributed by atoms with van der Waals surface area (Å²) in [5, 5.41) is 7.15. The third kappa shape index (κ3) is 4.73. The fourth-order valence-electron chi connectivity index (χ4n) is 4.15. The molecule has 0 saturated carbocycles. The van der Waals surface area contributed by atoms with E-state index in [1.807, 2.05) is 54.6 Å². The molecular weight excluding hydrogens is 464 g/mol. The van der Waals surface area contributed by atoms with E-state index in [4.69, 9.17) is 14.2 Å². The minimum Gasteiger partial charge on any atom is -0.454 e. The van der Waals surface area contributed by atoms with Crippen LogP contribution in [0.1, 0.15) is 15.9 Å². The Hall–Kier alpha value is -3.82. The van der Waals surface area contributed by atoms with Gasteiger partial charge in [0.25, 0.3) is 5.91 Å². The number of amides is 1. The van der Waals surface area contributed by atoms with Gasteiger partial charge in [0.05, 0.1) is 23.4 Å². The molecule has 2 aliphatic heterocycles. The Balaban J connectivity index is 1.10. The molecule has 2 N–H and O–H groups in total. The van der Waals surface area contributed by atoms with Crippen LogP contribution in [0.2, 0.25) is 0 Å². The number of aromatic nitrogens is 1. The van der Waals surface area contributed by atoms with Gasteiger partial charge in [0.15, 0.2) is 16.6 Å². The average Bonchev–Trinajstić information content (AvgIpc) is 3.54. The third-order valence-electron chi connectivity index (χ3n) is 6.03. The lowest BCUT2D eigenvalue weighted by Gasteiger charge is -2.28. The highest BCUT2D eigenvalue weighted by Gasteiger charge is 2.15. The van der Waals surface area contributed by atoms with Crippen molar-refractivity contribution in [1.82, 2.24) is 4.98 Å². The van der Waals surface area contributed by atoms with E-state index < -0.39 is 0 Å². The number of ether oxygens (including phenoxy) is 3. The van der Waals surface area contributed by atoms with Crippen LogP contribution in [0.3, 0.4) is 0 Å². The Morgan fingerprint density at radius 3 is 2.66 bits per heavy atom. The lowest BCUT2D eigenvalue weighted by molar-refractivity contribution is 0.102. The van der Waals surface area contributed by atoms with Crippen LogP contribution in [0.5, 0.6) is 11.5 Å². The number of morpholine rings is 1. The standard InChI is InChI=1S/C26H24N4O4S/c31-25(28-19-3-5-20(6-4-19)30-9-11-32-12-10-30)18-2-7-21-24(14-18)35-26(29-21)27-15-17-1-8-22-23(13-17)34-16-33-22/h1-8,13-14H,9-12,15-16H2,(H,27,29)(H,28,31). The van der Waals surface area contributed by atoms with E-state index in [9.17, 15) is 4.79 Å². The van der Waals surface area contributed by atoms with Gasteiger partial charge in [-0.15, -0.1) is 0 Å². The van der Waals surface area contributed by atoms with E-state index in [1.54, 1.807) is 6.07 Å². The van der Waals surface area contributed by atoms with Crippen LogP contribution in [0.15, 0.2) is 60.7 Å². The van der Waals surface area contributed by atoms with Gasteiger partial charge >= 0.3 is 0 Å². The highest BCUT2D eigenvalue weighted by Crippen LogP contribution is 2.33. The summed E-state index contributed by atoms with van der Waals surface area (Å²) in [6.45, 7) is 4.13. The molecule has 2 aliphatic rings. The summed E-state index contributed by atoms with van der Waals surface area (Å²) >= 11 is 1.52. The van der Waals surface area contributed by atoms with Gasteiger partial charge in [-0.05, 0) is 60.2 Å². The van der Waals surface area contributed by atoms with Gasteiger partial charge in [-0.2, -0.15) is 0 Å². The zero-order valence-corrected chi connectivity index (χ0v) is 19.8. The first-order valence-corrected chi connectivity index (χ1v) is 12.3. The van der Waals surface area contributed by atoms with Crippen LogP contribution >= 0.6 is 11.3 Å². The van der Waals surface area contributed by atoms with Crippen molar-refractivity contribution in [2.75, 3.05) is 48.6 Å². The number of fused-ring (bicyclic) bond motifs is 2. The minimum atomic E-state index is -0.144. The molecule has 9 heteroatoms. The number of nitrogens with zero attached hydrogens (tertiary/aromatic N) is 2. The van der Waals surface area contributed by atoms with Crippen molar-refractivity contribution in [2.24, 2.45) is 0 Å². The summed E-state index contributed by atoms with van der Waals surface area (Å²) in [7, 11) is 0. The van der Waals surface area contributed by atoms with Crippen LogP contribution < -0.4 is 25.0 Å². The van der Waals surface area contributed by atoms with Crippen molar-refractivity contribution >= 4 is 44.0 Å². The second-order valence-corrected chi connectivity index (χ2v) is 9.37. The van der Waals surface area contributed by atoms with Crippen molar-refractivity contribution in [3.05, 3.63) is 71.8 Å². The number of nitrogens with one attached hydrogen (secondary N) is 2. The number of benzene rings is 3. The smallest absolute Gasteiger partial charge is 0.255 e. The Morgan fingerprint density at radius 1 is 0.971 bits per heavy atom. The zero-order chi connectivity index (χ0) is 23.6. The fourth-order valence-corrected chi connectivity index (χ4v) is 5.05. The Labute approximate surface area is 206 Å². The normalized spacial score (nSPS) is 14.8. The maximum absolute atomic E-state index is 12.9. The highest BCUT2D eigenvalue weighted by molar-refractivity contribution is 7.22. The highest BCUT2D eigenvalue weighted by atomic mass is 32.1. The predicted octanol–water partition coefficient (Wildman–Crippen LogP) is 4.73. The van der Waals surface area contributed by atoms with Gasteiger partial charge in [-0.3, -0.25) is 4.79 Å². The minimum absolute atomic E-state index is 0.144. The average molecular weight is 489 g/mol. The first-order valence-electron chi connectivity index (χ1n) is 11.5. The van der Waals surface area contributed by atoms with E-state index in [0.29, 0.717) is 12.1 Å². The van der Waals surface area contributed by atoms with E-state index in [0.717, 1.165) is 70.1 Å². The first kappa shape index (κ1) is 21.7. The summed E-state index contributed by atoms with van der Waals surface area (Å²) in [4.78, 5) is 19.8. The molecule has 0 unspecified atom stereocenters. The van der Waals surface area contributed by atoms with Crippen LogP contribution in [-0.2, 0) is 11.3 Å². The molecule has 3 aromatic carbocycles. The van der Waals surface area contributed by atoms with Gasteiger partial charge in [-0.1, -0.05) is 17.4 Å². The molecule has 1 amide bonds. The monoisotopic (exact) mass is 488 g/mol. The molecule has 3 heterocycles. The van der Waals surface area contributed by atoms with Gasteiger partial charge in [0, 0.05) is 36.6 Å². The predicted molar refractivity (Wildman–Crippen MR) is 137 cm³/mol. The summed E-state index contributed by atoms with van der Waals surface area (Å²) in [6, 6.07) is 19.4. The van der Waals surface area contributed by atoms with Crippen molar-refractivity contribution in [2.45, 2.75) is 6.54 Å². The topological polar surface area (TPSA) is 85.0 Å². The molecule has 0 aliphatic carbocycles. The molecule has 0 radical (unpaired) electrons. The van der Waals surface area contributed by atoms with Crippen LogP contribution in [0.25, 0.3) is 10.2 Å². The van der Waals surface area contributed by atoms with Crippen molar-refractivity contribution in [1.29, 1.82) is 0 Å². The Kier molecular flexibility index (Phi) is 5.85. The molecule has 4 aromatic rings. The summed E-state index contributed by atoms with van der Waals surface area (Å²) in [5.41, 5.74) is 4.43. The summed E-state index contributed by atoms with van der Waals surface area (Å²) < 4.78 is 17.2. The van der Waals surface area contributed by atoms with Crippen LogP contribution in [-0.4, -0.2) is 44.0 Å². The third-order valence-corrected chi connectivity index (χ3v) is 7.01. The number of carbonyl (C=O) groups is 1. The lowest BCUT2D eigenvalue weighted by atomic mass is 10.2. The number of anilines is 3. The van der Waals surface area contributed by atoms with Gasteiger partial charge in [0.2, 0.25) is 6.79 Å². The second kappa shape index (κ2) is 9.44. The number of carbonyl (C=O) groups excluding carboxylic acids is 1. The van der Waals surface area contributed by atoms with E-state index in [-0.39, 0.29) is 12.7 Å². The van der Waals surface area contributed by atoms with Gasteiger partial charge < -0.3 is 29.7 Å². The molecule has 35 heavy (non-hydrogen) atoms.